The molecule has 3 aromatic heterocycles. The number of amides is 1. The number of pyridine rings is 1. The van der Waals surface area contributed by atoms with E-state index in [-0.39, 0.29) is 17.3 Å². The second-order valence-corrected chi connectivity index (χ2v) is 6.28. The first-order valence-corrected chi connectivity index (χ1v) is 9.02. The van der Waals surface area contributed by atoms with E-state index in [9.17, 15) is 4.79 Å². The summed E-state index contributed by atoms with van der Waals surface area (Å²) < 4.78 is 11.2. The van der Waals surface area contributed by atoms with Crippen molar-refractivity contribution < 1.29 is 14.2 Å². The van der Waals surface area contributed by atoms with Crippen molar-refractivity contribution in [3.8, 4) is 22.8 Å². The van der Waals surface area contributed by atoms with Gasteiger partial charge in [-0.3, -0.25) is 9.78 Å². The van der Waals surface area contributed by atoms with Gasteiger partial charge in [0, 0.05) is 23.5 Å². The molecule has 1 amide bonds. The number of nitrogens with two attached hydrogens (primary N) is 1. The Kier molecular flexibility index (Phi) is 5.34. The number of rotatable bonds is 6. The number of hydrogen-bond donors (Lipinski definition) is 2. The third-order valence-electron chi connectivity index (χ3n) is 4.35. The molecule has 0 saturated carbocycles. The van der Waals surface area contributed by atoms with Crippen molar-refractivity contribution in [2.75, 3.05) is 12.8 Å². The van der Waals surface area contributed by atoms with E-state index in [2.05, 4.69) is 40.8 Å². The van der Waals surface area contributed by atoms with Gasteiger partial charge in [0.25, 0.3) is 5.91 Å². The van der Waals surface area contributed by atoms with Crippen LogP contribution in [0.3, 0.4) is 0 Å². The Labute approximate surface area is 175 Å². The van der Waals surface area contributed by atoms with Gasteiger partial charge >= 0.3 is 0 Å². The molecule has 31 heavy (non-hydrogen) atoms. The molecule has 12 nitrogen and oxygen atoms in total. The van der Waals surface area contributed by atoms with Gasteiger partial charge in [-0.05, 0) is 41.5 Å². The molecular weight excluding hydrogens is 402 g/mol. The normalized spacial score (nSPS) is 11.4. The van der Waals surface area contributed by atoms with Crippen LogP contribution in [0.25, 0.3) is 17.1 Å². The predicted octanol–water partition coefficient (Wildman–Crippen LogP) is 1.46. The average Bonchev–Trinajstić information content (AvgIpc) is 3.43. The topological polar surface area (TPSA) is 159 Å². The smallest absolute Gasteiger partial charge is 0.294 e. The van der Waals surface area contributed by atoms with Gasteiger partial charge in [-0.15, -0.1) is 5.10 Å². The molecule has 1 aromatic carbocycles. The molecule has 3 heterocycles. The van der Waals surface area contributed by atoms with Gasteiger partial charge in [0.1, 0.15) is 11.4 Å². The fourth-order valence-corrected chi connectivity index (χ4v) is 2.80. The van der Waals surface area contributed by atoms with Crippen LogP contribution in [-0.2, 0) is 0 Å². The van der Waals surface area contributed by atoms with Gasteiger partial charge in [0.05, 0.1) is 12.8 Å². The van der Waals surface area contributed by atoms with Crippen LogP contribution >= 0.6 is 0 Å². The highest BCUT2D eigenvalue weighted by molar-refractivity contribution is 6.02. The minimum absolute atomic E-state index is 0.00179. The van der Waals surface area contributed by atoms with Crippen LogP contribution in [0, 0.1) is 0 Å². The first kappa shape index (κ1) is 19.7. The molecule has 0 bridgehead atoms. The highest BCUT2D eigenvalue weighted by Gasteiger charge is 2.25. The molecule has 3 N–H and O–H groups in total. The van der Waals surface area contributed by atoms with Gasteiger partial charge in [-0.1, -0.05) is 17.3 Å². The Balaban J connectivity index is 1.74. The number of hydrazone groups is 1. The summed E-state index contributed by atoms with van der Waals surface area (Å²) in [6.45, 7) is 1.76. The van der Waals surface area contributed by atoms with E-state index in [4.69, 9.17) is 10.5 Å². The molecule has 0 aliphatic rings. The SMILES string of the molecule is COc1cccc(-c2c(C(=O)NN=C(C)c3ccncc3)nnn2-c2nonc2N)c1. The van der Waals surface area contributed by atoms with E-state index in [0.29, 0.717) is 22.7 Å². The number of nitrogens with one attached hydrogen (secondary N) is 1. The number of anilines is 1. The molecule has 0 atom stereocenters. The zero-order chi connectivity index (χ0) is 21.8. The van der Waals surface area contributed by atoms with Gasteiger partial charge in [-0.2, -0.15) is 9.78 Å². The lowest BCUT2D eigenvalue weighted by Crippen LogP contribution is -2.21. The molecule has 0 radical (unpaired) electrons. The molecule has 0 aliphatic heterocycles. The molecule has 0 spiro atoms. The predicted molar refractivity (Wildman–Crippen MR) is 110 cm³/mol. The second-order valence-electron chi connectivity index (χ2n) is 6.28. The van der Waals surface area contributed by atoms with Crippen molar-refractivity contribution >= 4 is 17.4 Å². The number of ether oxygens (including phenoxy) is 1. The summed E-state index contributed by atoms with van der Waals surface area (Å²) in [6, 6.07) is 10.6. The van der Waals surface area contributed by atoms with Gasteiger partial charge < -0.3 is 10.5 Å². The fourth-order valence-electron chi connectivity index (χ4n) is 2.80. The maximum atomic E-state index is 12.9. The van der Waals surface area contributed by atoms with E-state index in [1.165, 1.54) is 4.68 Å². The zero-order valence-electron chi connectivity index (χ0n) is 16.6. The molecule has 12 heteroatoms. The summed E-state index contributed by atoms with van der Waals surface area (Å²) in [4.78, 5) is 16.9. The Bertz CT molecular complexity index is 1250. The standard InChI is InChI=1S/C19H17N9O3/c1-11(12-6-8-21-9-7-12)22-24-19(29)15-16(13-4-3-5-14(10-13)30-2)28(27-23-15)18-17(20)25-31-26-18/h3-10H,1-2H3,(H2,20,25)(H,24,29). The summed E-state index contributed by atoms with van der Waals surface area (Å²) in [5.41, 5.74) is 10.6. The zero-order valence-corrected chi connectivity index (χ0v) is 16.6. The molecule has 0 unspecified atom stereocenters. The monoisotopic (exact) mass is 419 g/mol. The van der Waals surface area contributed by atoms with Crippen molar-refractivity contribution in [3.63, 3.8) is 0 Å². The Morgan fingerprint density at radius 1 is 1.23 bits per heavy atom. The largest absolute Gasteiger partial charge is 0.497 e. The number of benzene rings is 1. The molecule has 4 rings (SSSR count). The van der Waals surface area contributed by atoms with Crippen molar-refractivity contribution in [1.29, 1.82) is 0 Å². The first-order valence-electron chi connectivity index (χ1n) is 9.02. The van der Waals surface area contributed by atoms with E-state index < -0.39 is 5.91 Å². The van der Waals surface area contributed by atoms with Crippen LogP contribution in [0.1, 0.15) is 23.0 Å². The third kappa shape index (κ3) is 3.94. The van der Waals surface area contributed by atoms with Crippen LogP contribution in [0.15, 0.2) is 58.5 Å². The first-order chi connectivity index (χ1) is 15.1. The third-order valence-corrected chi connectivity index (χ3v) is 4.35. The van der Waals surface area contributed by atoms with Crippen LogP contribution < -0.4 is 15.9 Å². The van der Waals surface area contributed by atoms with Gasteiger partial charge in [-0.25, -0.2) is 10.1 Å². The Morgan fingerprint density at radius 2 is 2.03 bits per heavy atom. The van der Waals surface area contributed by atoms with Crippen LogP contribution in [0.5, 0.6) is 5.75 Å². The number of nitrogens with zero attached hydrogens (tertiary/aromatic N) is 7. The van der Waals surface area contributed by atoms with Crippen molar-refractivity contribution in [3.05, 3.63) is 60.0 Å². The van der Waals surface area contributed by atoms with E-state index in [1.807, 2.05) is 0 Å². The summed E-state index contributed by atoms with van der Waals surface area (Å²) >= 11 is 0. The number of methoxy groups -OCH3 is 1. The van der Waals surface area contributed by atoms with Crippen molar-refractivity contribution in [2.24, 2.45) is 5.10 Å². The molecule has 0 aliphatic carbocycles. The number of nitrogen functional groups attached to an aromatic ring is 1. The maximum absolute atomic E-state index is 12.9. The molecule has 0 fully saturated rings. The minimum Gasteiger partial charge on any atom is -0.497 e. The second kappa shape index (κ2) is 8.41. The lowest BCUT2D eigenvalue weighted by Gasteiger charge is -2.08. The van der Waals surface area contributed by atoms with Gasteiger partial charge in [0.2, 0.25) is 11.6 Å². The Morgan fingerprint density at radius 3 is 2.74 bits per heavy atom. The quantitative estimate of drug-likeness (QED) is 0.348. The van der Waals surface area contributed by atoms with E-state index in [1.54, 1.807) is 62.8 Å². The van der Waals surface area contributed by atoms with Gasteiger partial charge in [0.15, 0.2) is 5.69 Å². The Hall–Kier alpha value is -4.61. The minimum atomic E-state index is -0.576. The number of carbonyl (C=O) groups excluding carboxylic acids is 1. The van der Waals surface area contributed by atoms with Crippen LogP contribution in [0.2, 0.25) is 0 Å². The van der Waals surface area contributed by atoms with Crippen LogP contribution in [-0.4, -0.2) is 49.0 Å². The maximum Gasteiger partial charge on any atom is 0.294 e. The summed E-state index contributed by atoms with van der Waals surface area (Å²) in [5, 5.41) is 19.5. The molecule has 156 valence electrons. The highest BCUT2D eigenvalue weighted by Crippen LogP contribution is 2.28. The highest BCUT2D eigenvalue weighted by atomic mass is 16.6. The van der Waals surface area contributed by atoms with Crippen molar-refractivity contribution in [1.82, 2.24) is 35.7 Å². The lowest BCUT2D eigenvalue weighted by atomic mass is 10.1. The lowest BCUT2D eigenvalue weighted by molar-refractivity contribution is 0.0950. The van der Waals surface area contributed by atoms with Crippen molar-refractivity contribution in [2.45, 2.75) is 6.92 Å². The summed E-state index contributed by atoms with van der Waals surface area (Å²) in [6.07, 6.45) is 3.28. The summed E-state index contributed by atoms with van der Waals surface area (Å²) in [5.74, 6) is 0.0929. The van der Waals surface area contributed by atoms with Crippen LogP contribution in [0.4, 0.5) is 5.82 Å². The van der Waals surface area contributed by atoms with E-state index >= 15 is 0 Å². The summed E-state index contributed by atoms with van der Waals surface area (Å²) in [7, 11) is 1.54. The number of carbonyl (C=O) groups is 1. The number of hydrogen-bond acceptors (Lipinski definition) is 10. The fraction of sp³-hybridized carbons (Fsp3) is 0.105. The molecule has 0 saturated heterocycles. The van der Waals surface area contributed by atoms with E-state index in [0.717, 1.165) is 5.56 Å². The number of aromatic nitrogens is 6. The average molecular weight is 419 g/mol. The molecular formula is C19H17N9O3. The molecule has 4 aromatic rings.